The number of benzene rings is 1. The van der Waals surface area contributed by atoms with Crippen molar-refractivity contribution in [1.82, 2.24) is 0 Å². The second-order valence-electron chi connectivity index (χ2n) is 4.67. The maximum absolute atomic E-state index is 4.56. The highest BCUT2D eigenvalue weighted by molar-refractivity contribution is 7.99. The lowest BCUT2D eigenvalue weighted by molar-refractivity contribution is -0.408. The van der Waals surface area contributed by atoms with E-state index in [1.165, 1.54) is 11.1 Å². The van der Waals surface area contributed by atoms with E-state index in [1.807, 2.05) is 25.2 Å². The van der Waals surface area contributed by atoms with Crippen molar-refractivity contribution in [3.63, 3.8) is 0 Å². The number of aliphatic imine (C=N–C) groups is 1. The molecule has 0 saturated carbocycles. The quantitative estimate of drug-likeness (QED) is 0.554. The van der Waals surface area contributed by atoms with Crippen molar-refractivity contribution in [3.05, 3.63) is 72.0 Å². The molecule has 1 heterocycles. The zero-order valence-electron chi connectivity index (χ0n) is 12.4. The van der Waals surface area contributed by atoms with Crippen LogP contribution < -0.4 is 0 Å². The van der Waals surface area contributed by atoms with Gasteiger partial charge in [-0.15, -0.1) is 4.70 Å². The molecule has 1 unspecified atom stereocenters. The first-order valence-electron chi connectivity index (χ1n) is 6.89. The van der Waals surface area contributed by atoms with Crippen molar-refractivity contribution in [2.24, 2.45) is 10.1 Å². The van der Waals surface area contributed by atoms with Crippen LogP contribution in [0, 0.1) is 6.92 Å². The van der Waals surface area contributed by atoms with E-state index in [4.69, 9.17) is 0 Å². The highest BCUT2D eigenvalue weighted by Gasteiger charge is 2.22. The first-order valence-corrected chi connectivity index (χ1v) is 7.93. The van der Waals surface area contributed by atoms with Gasteiger partial charge < -0.3 is 0 Å². The molecule has 0 bridgehead atoms. The average molecular weight is 298 g/mol. The maximum atomic E-state index is 4.56. The van der Waals surface area contributed by atoms with E-state index in [-0.39, 0.29) is 5.50 Å². The first-order chi connectivity index (χ1) is 10.2. The SMILES string of the molecule is C=C/C=C(\C=C/C)[N+]1=NC(SCc2ccc(C)cc2)N=C1. The van der Waals surface area contributed by atoms with Gasteiger partial charge in [0.25, 0.3) is 0 Å². The van der Waals surface area contributed by atoms with Crippen LogP contribution in [-0.4, -0.2) is 16.5 Å². The lowest BCUT2D eigenvalue weighted by Gasteiger charge is -2.00. The Hall–Kier alpha value is -1.94. The van der Waals surface area contributed by atoms with Crippen LogP contribution in [-0.2, 0) is 5.75 Å². The molecule has 0 aliphatic carbocycles. The van der Waals surface area contributed by atoms with Crippen LogP contribution in [0.1, 0.15) is 18.1 Å². The summed E-state index contributed by atoms with van der Waals surface area (Å²) in [5, 5.41) is 4.56. The summed E-state index contributed by atoms with van der Waals surface area (Å²) in [5.74, 6) is 0.906. The van der Waals surface area contributed by atoms with Gasteiger partial charge in [0, 0.05) is 5.75 Å². The molecule has 0 aromatic heterocycles. The fraction of sp³-hybridized carbons (Fsp3) is 0.235. The van der Waals surface area contributed by atoms with Crippen LogP contribution in [0.5, 0.6) is 0 Å². The fourth-order valence-electron chi connectivity index (χ4n) is 1.85. The molecular weight excluding hydrogens is 278 g/mol. The number of hydrogen-bond donors (Lipinski definition) is 0. The molecule has 1 aliphatic heterocycles. The van der Waals surface area contributed by atoms with Crippen molar-refractivity contribution < 1.29 is 4.70 Å². The van der Waals surface area contributed by atoms with Gasteiger partial charge in [0.15, 0.2) is 5.70 Å². The third kappa shape index (κ3) is 4.53. The smallest absolute Gasteiger partial charge is 0.100 e. The van der Waals surface area contributed by atoms with Crippen molar-refractivity contribution in [2.45, 2.75) is 25.1 Å². The van der Waals surface area contributed by atoms with E-state index in [2.05, 4.69) is 47.9 Å². The van der Waals surface area contributed by atoms with Crippen LogP contribution in [0.4, 0.5) is 0 Å². The Bertz CT molecular complexity index is 609. The molecule has 0 fully saturated rings. The Labute approximate surface area is 130 Å². The van der Waals surface area contributed by atoms with Crippen molar-refractivity contribution >= 4 is 18.1 Å². The number of aryl methyl sites for hydroxylation is 1. The van der Waals surface area contributed by atoms with Gasteiger partial charge in [-0.05, 0) is 36.6 Å². The topological polar surface area (TPSA) is 27.7 Å². The summed E-state index contributed by atoms with van der Waals surface area (Å²) in [6.07, 6.45) is 9.41. The number of azo groups is 2. The summed E-state index contributed by atoms with van der Waals surface area (Å²) in [4.78, 5) is 4.42. The summed E-state index contributed by atoms with van der Waals surface area (Å²) in [7, 11) is 0. The number of allylic oxidation sites excluding steroid dienone is 4. The van der Waals surface area contributed by atoms with E-state index in [9.17, 15) is 0 Å². The molecule has 1 aromatic rings. The fourth-order valence-corrected chi connectivity index (χ4v) is 2.69. The maximum Gasteiger partial charge on any atom is 0.313 e. The first kappa shape index (κ1) is 15.4. The van der Waals surface area contributed by atoms with Gasteiger partial charge in [-0.25, -0.2) is 0 Å². The largest absolute Gasteiger partial charge is 0.313 e. The van der Waals surface area contributed by atoms with Crippen molar-refractivity contribution in [1.29, 1.82) is 0 Å². The Kier molecular flexibility index (Phi) is 5.69. The molecule has 0 radical (unpaired) electrons. The molecule has 0 spiro atoms. The minimum absolute atomic E-state index is 0.0789. The molecule has 0 N–H and O–H groups in total. The number of rotatable bonds is 6. The molecule has 0 saturated heterocycles. The summed E-state index contributed by atoms with van der Waals surface area (Å²) in [6, 6.07) is 8.58. The van der Waals surface area contributed by atoms with Gasteiger partial charge in [0.1, 0.15) is 0 Å². The Morgan fingerprint density at radius 1 is 1.38 bits per heavy atom. The molecule has 4 heteroatoms. The van der Waals surface area contributed by atoms with Crippen LogP contribution in [0.3, 0.4) is 0 Å². The van der Waals surface area contributed by atoms with Crippen LogP contribution >= 0.6 is 11.8 Å². The minimum Gasteiger partial charge on any atom is -0.100 e. The van der Waals surface area contributed by atoms with Crippen LogP contribution in [0.2, 0.25) is 0 Å². The monoisotopic (exact) mass is 298 g/mol. The van der Waals surface area contributed by atoms with Gasteiger partial charge in [-0.1, -0.05) is 65.4 Å². The molecular formula is C17H20N3S+. The molecule has 0 amide bonds. The van der Waals surface area contributed by atoms with Gasteiger partial charge in [-0.3, -0.25) is 0 Å². The van der Waals surface area contributed by atoms with Crippen LogP contribution in [0.15, 0.2) is 71.0 Å². The zero-order valence-corrected chi connectivity index (χ0v) is 13.3. The second-order valence-corrected chi connectivity index (χ2v) is 5.72. The molecule has 21 heavy (non-hydrogen) atoms. The molecule has 1 aromatic carbocycles. The number of nitrogens with zero attached hydrogens (tertiary/aromatic N) is 3. The standard InChI is InChI=1S/C17H20N3S/c1-4-6-16(7-5-2)20-13-18-17(19-20)21-12-15-10-8-14(3)9-11-15/h4-11,13,17H,1,12H2,2-3H3/q+1/b7-5-,16-6+. The third-order valence-corrected chi connectivity index (χ3v) is 3.95. The molecule has 1 aliphatic rings. The highest BCUT2D eigenvalue weighted by atomic mass is 32.2. The van der Waals surface area contributed by atoms with E-state index in [1.54, 1.807) is 28.9 Å². The van der Waals surface area contributed by atoms with Gasteiger partial charge in [0.05, 0.1) is 0 Å². The lowest BCUT2D eigenvalue weighted by atomic mass is 10.2. The number of thioether (sulfide) groups is 1. The van der Waals surface area contributed by atoms with Crippen molar-refractivity contribution in [2.75, 3.05) is 0 Å². The van der Waals surface area contributed by atoms with Gasteiger partial charge >= 0.3 is 11.8 Å². The van der Waals surface area contributed by atoms with E-state index >= 15 is 0 Å². The zero-order chi connectivity index (χ0) is 15.1. The Balaban J connectivity index is 1.98. The van der Waals surface area contributed by atoms with E-state index in [0.717, 1.165) is 11.4 Å². The van der Waals surface area contributed by atoms with Crippen molar-refractivity contribution in [3.8, 4) is 0 Å². The third-order valence-electron chi connectivity index (χ3n) is 2.94. The van der Waals surface area contributed by atoms with Gasteiger partial charge in [0.2, 0.25) is 0 Å². The van der Waals surface area contributed by atoms with E-state index < -0.39 is 0 Å². The van der Waals surface area contributed by atoms with Gasteiger partial charge in [-0.2, -0.15) is 0 Å². The summed E-state index contributed by atoms with van der Waals surface area (Å²) in [6.45, 7) is 7.81. The normalized spacial score (nSPS) is 18.3. The molecule has 3 nitrogen and oxygen atoms in total. The molecule has 2 rings (SSSR count). The van der Waals surface area contributed by atoms with E-state index in [0.29, 0.717) is 0 Å². The predicted molar refractivity (Wildman–Crippen MR) is 90.5 cm³/mol. The predicted octanol–water partition coefficient (Wildman–Crippen LogP) is 4.66. The summed E-state index contributed by atoms with van der Waals surface area (Å²) < 4.78 is 1.80. The number of hydrogen-bond acceptors (Lipinski definition) is 3. The Morgan fingerprint density at radius 2 is 2.14 bits per heavy atom. The minimum atomic E-state index is -0.0789. The molecule has 108 valence electrons. The highest BCUT2D eigenvalue weighted by Crippen LogP contribution is 2.23. The average Bonchev–Trinajstić information content (AvgIpc) is 2.95. The lowest BCUT2D eigenvalue weighted by Crippen LogP contribution is -2.02. The second kappa shape index (κ2) is 7.74. The summed E-state index contributed by atoms with van der Waals surface area (Å²) in [5.41, 5.74) is 3.47. The summed E-state index contributed by atoms with van der Waals surface area (Å²) >= 11 is 1.72. The Morgan fingerprint density at radius 3 is 2.81 bits per heavy atom. The molecule has 1 atom stereocenters. The van der Waals surface area contributed by atoms with Crippen LogP contribution in [0.25, 0.3) is 0 Å².